The summed E-state index contributed by atoms with van der Waals surface area (Å²) in [6.45, 7) is 0. The largest absolute Gasteiger partial charge is 0.263 e. The molecular formula is C12H7FN2. The molecule has 0 aliphatic carbocycles. The van der Waals surface area contributed by atoms with Crippen molar-refractivity contribution in [2.45, 2.75) is 0 Å². The van der Waals surface area contributed by atoms with Crippen LogP contribution < -0.4 is 0 Å². The van der Waals surface area contributed by atoms with Crippen LogP contribution in [0.4, 0.5) is 4.39 Å². The predicted octanol–water partition coefficient (Wildman–Crippen LogP) is 2.76. The van der Waals surface area contributed by atoms with Crippen molar-refractivity contribution in [1.82, 2.24) is 4.98 Å². The van der Waals surface area contributed by atoms with Crippen molar-refractivity contribution in [2.75, 3.05) is 0 Å². The number of nitriles is 1. The molecular weight excluding hydrogens is 191 g/mol. The number of pyridine rings is 1. The van der Waals surface area contributed by atoms with Crippen LogP contribution in [0.15, 0.2) is 42.7 Å². The molecule has 0 amide bonds. The summed E-state index contributed by atoms with van der Waals surface area (Å²) >= 11 is 0. The van der Waals surface area contributed by atoms with E-state index in [1.165, 1.54) is 12.3 Å². The zero-order valence-corrected chi connectivity index (χ0v) is 7.81. The lowest BCUT2D eigenvalue weighted by Crippen LogP contribution is -1.88. The maximum atomic E-state index is 13.5. The molecule has 2 rings (SSSR count). The first-order chi connectivity index (χ1) is 7.33. The molecule has 0 unspecified atom stereocenters. The minimum Gasteiger partial charge on any atom is -0.263 e. The van der Waals surface area contributed by atoms with Crippen LogP contribution in [0.25, 0.3) is 11.1 Å². The molecule has 0 aliphatic rings. The Hall–Kier alpha value is -2.21. The highest BCUT2D eigenvalue weighted by Gasteiger charge is 2.08. The molecule has 0 fully saturated rings. The van der Waals surface area contributed by atoms with Crippen LogP contribution in [0.5, 0.6) is 0 Å². The van der Waals surface area contributed by atoms with E-state index in [9.17, 15) is 4.39 Å². The SMILES string of the molecule is N#Cc1cnccc1-c1ccccc1F. The van der Waals surface area contributed by atoms with Crippen LogP contribution in [-0.2, 0) is 0 Å². The Morgan fingerprint density at radius 2 is 1.93 bits per heavy atom. The molecule has 1 aromatic carbocycles. The van der Waals surface area contributed by atoms with E-state index in [4.69, 9.17) is 5.26 Å². The van der Waals surface area contributed by atoms with Crippen LogP contribution in [0.3, 0.4) is 0 Å². The summed E-state index contributed by atoms with van der Waals surface area (Å²) in [6.07, 6.45) is 2.98. The molecule has 0 aliphatic heterocycles. The van der Waals surface area contributed by atoms with Crippen LogP contribution in [0.1, 0.15) is 5.56 Å². The maximum Gasteiger partial charge on any atom is 0.131 e. The lowest BCUT2D eigenvalue weighted by molar-refractivity contribution is 0.631. The van der Waals surface area contributed by atoms with E-state index in [1.807, 2.05) is 6.07 Å². The maximum absolute atomic E-state index is 13.5. The van der Waals surface area contributed by atoms with Crippen molar-refractivity contribution in [3.8, 4) is 17.2 Å². The first kappa shape index (κ1) is 9.35. The number of halogens is 1. The quantitative estimate of drug-likeness (QED) is 0.706. The van der Waals surface area contributed by atoms with Gasteiger partial charge >= 0.3 is 0 Å². The Bertz CT molecular complexity index is 529. The number of hydrogen-bond donors (Lipinski definition) is 0. The van der Waals surface area contributed by atoms with E-state index in [0.717, 1.165) is 0 Å². The van der Waals surface area contributed by atoms with Crippen molar-refractivity contribution >= 4 is 0 Å². The third-order valence-corrected chi connectivity index (χ3v) is 2.11. The van der Waals surface area contributed by atoms with Gasteiger partial charge in [-0.15, -0.1) is 0 Å². The van der Waals surface area contributed by atoms with E-state index in [-0.39, 0.29) is 5.82 Å². The van der Waals surface area contributed by atoms with Gasteiger partial charge in [0.15, 0.2) is 0 Å². The predicted molar refractivity (Wildman–Crippen MR) is 54.3 cm³/mol. The second-order valence-electron chi connectivity index (χ2n) is 3.01. The van der Waals surface area contributed by atoms with Crippen molar-refractivity contribution in [3.05, 3.63) is 54.1 Å². The summed E-state index contributed by atoms with van der Waals surface area (Å²) in [5, 5.41) is 8.86. The van der Waals surface area contributed by atoms with Crippen LogP contribution in [-0.4, -0.2) is 4.98 Å². The Kier molecular flexibility index (Phi) is 2.42. The standard InChI is InChI=1S/C12H7FN2/c13-12-4-2-1-3-11(12)10-5-6-15-8-9(10)7-14/h1-6,8H. The minimum atomic E-state index is -0.333. The van der Waals surface area contributed by atoms with Gasteiger partial charge < -0.3 is 0 Å². The molecule has 1 aromatic heterocycles. The minimum absolute atomic E-state index is 0.333. The van der Waals surface area contributed by atoms with Gasteiger partial charge in [0.2, 0.25) is 0 Å². The van der Waals surface area contributed by atoms with Crippen molar-refractivity contribution in [2.24, 2.45) is 0 Å². The van der Waals surface area contributed by atoms with Crippen LogP contribution >= 0.6 is 0 Å². The zero-order chi connectivity index (χ0) is 10.7. The smallest absolute Gasteiger partial charge is 0.131 e. The molecule has 3 heteroatoms. The van der Waals surface area contributed by atoms with E-state index < -0.39 is 0 Å². The lowest BCUT2D eigenvalue weighted by atomic mass is 10.0. The van der Waals surface area contributed by atoms with Crippen molar-refractivity contribution < 1.29 is 4.39 Å². The summed E-state index contributed by atoms with van der Waals surface area (Å²) in [5.41, 5.74) is 1.38. The molecule has 0 saturated heterocycles. The van der Waals surface area contributed by atoms with Gasteiger partial charge in [-0.2, -0.15) is 5.26 Å². The highest BCUT2D eigenvalue weighted by molar-refractivity contribution is 5.70. The summed E-state index contributed by atoms with van der Waals surface area (Å²) in [7, 11) is 0. The molecule has 15 heavy (non-hydrogen) atoms. The molecule has 0 bridgehead atoms. The first-order valence-electron chi connectivity index (χ1n) is 4.42. The molecule has 0 atom stereocenters. The lowest BCUT2D eigenvalue weighted by Gasteiger charge is -2.03. The third kappa shape index (κ3) is 1.70. The number of nitrogens with zero attached hydrogens (tertiary/aromatic N) is 2. The Labute approximate surface area is 86.6 Å². The second kappa shape index (κ2) is 3.89. The zero-order valence-electron chi connectivity index (χ0n) is 7.81. The van der Waals surface area contributed by atoms with Crippen molar-refractivity contribution in [3.63, 3.8) is 0 Å². The molecule has 1 heterocycles. The summed E-state index contributed by atoms with van der Waals surface area (Å²) < 4.78 is 13.5. The van der Waals surface area contributed by atoms with Gasteiger partial charge in [-0.1, -0.05) is 18.2 Å². The number of rotatable bonds is 1. The fourth-order valence-electron chi connectivity index (χ4n) is 1.40. The highest BCUT2D eigenvalue weighted by Crippen LogP contribution is 2.24. The fourth-order valence-corrected chi connectivity index (χ4v) is 1.40. The number of benzene rings is 1. The first-order valence-corrected chi connectivity index (χ1v) is 4.42. The van der Waals surface area contributed by atoms with E-state index in [1.54, 1.807) is 30.5 Å². The average molecular weight is 198 g/mol. The number of hydrogen-bond acceptors (Lipinski definition) is 2. The third-order valence-electron chi connectivity index (χ3n) is 2.11. The second-order valence-corrected chi connectivity index (χ2v) is 3.01. The van der Waals surface area contributed by atoms with E-state index >= 15 is 0 Å². The van der Waals surface area contributed by atoms with Gasteiger partial charge in [-0.05, 0) is 12.1 Å². The monoisotopic (exact) mass is 198 g/mol. The van der Waals surface area contributed by atoms with Crippen LogP contribution in [0.2, 0.25) is 0 Å². The summed E-state index contributed by atoms with van der Waals surface area (Å²) in [5.74, 6) is -0.333. The normalized spacial score (nSPS) is 9.60. The van der Waals surface area contributed by atoms with E-state index in [2.05, 4.69) is 4.98 Å². The fraction of sp³-hybridized carbons (Fsp3) is 0. The van der Waals surface area contributed by atoms with E-state index in [0.29, 0.717) is 16.7 Å². The Balaban J connectivity index is 2.65. The van der Waals surface area contributed by atoms with Gasteiger partial charge in [0.1, 0.15) is 11.9 Å². The highest BCUT2D eigenvalue weighted by atomic mass is 19.1. The molecule has 0 saturated carbocycles. The van der Waals surface area contributed by atoms with Crippen LogP contribution in [0, 0.1) is 17.1 Å². The van der Waals surface area contributed by atoms with Gasteiger partial charge in [0.25, 0.3) is 0 Å². The molecule has 0 spiro atoms. The van der Waals surface area contributed by atoms with Gasteiger partial charge in [0.05, 0.1) is 5.56 Å². The Morgan fingerprint density at radius 3 is 2.67 bits per heavy atom. The Morgan fingerprint density at radius 1 is 1.13 bits per heavy atom. The molecule has 2 nitrogen and oxygen atoms in total. The molecule has 0 N–H and O–H groups in total. The molecule has 0 radical (unpaired) electrons. The number of aromatic nitrogens is 1. The molecule has 72 valence electrons. The summed E-state index contributed by atoms with van der Waals surface area (Å²) in [6, 6.07) is 10.00. The average Bonchev–Trinajstić information content (AvgIpc) is 2.30. The van der Waals surface area contributed by atoms with Gasteiger partial charge in [0, 0.05) is 23.5 Å². The van der Waals surface area contributed by atoms with Crippen molar-refractivity contribution in [1.29, 1.82) is 5.26 Å². The van der Waals surface area contributed by atoms with Gasteiger partial charge in [-0.25, -0.2) is 4.39 Å². The van der Waals surface area contributed by atoms with Gasteiger partial charge in [-0.3, -0.25) is 4.98 Å². The topological polar surface area (TPSA) is 36.7 Å². The molecule has 2 aromatic rings. The summed E-state index contributed by atoms with van der Waals surface area (Å²) in [4.78, 5) is 3.83.